The highest BCUT2D eigenvalue weighted by atomic mass is 16.7. The van der Waals surface area contributed by atoms with Gasteiger partial charge >= 0.3 is 0 Å². The van der Waals surface area contributed by atoms with Crippen molar-refractivity contribution in [2.75, 3.05) is 13.7 Å². The molecule has 0 aliphatic heterocycles. The fraction of sp³-hybridized carbons (Fsp3) is 0.417. The number of nitrogens with zero attached hydrogens (tertiary/aromatic N) is 1. The second-order valence-electron chi connectivity index (χ2n) is 3.00. The maximum Gasteiger partial charge on any atom is 0.279 e. The molecule has 4 nitrogen and oxygen atoms in total. The van der Waals surface area contributed by atoms with Crippen molar-refractivity contribution < 1.29 is 14.7 Å². The summed E-state index contributed by atoms with van der Waals surface area (Å²) in [6.45, 7) is 7.43. The first-order valence-corrected chi connectivity index (χ1v) is 5.11. The highest BCUT2D eigenvalue weighted by molar-refractivity contribution is 5.83. The Labute approximate surface area is 96.5 Å². The van der Waals surface area contributed by atoms with Gasteiger partial charge in [0.25, 0.3) is 5.91 Å². The summed E-state index contributed by atoms with van der Waals surface area (Å²) in [6, 6.07) is 0. The third kappa shape index (κ3) is 4.00. The lowest BCUT2D eigenvalue weighted by molar-refractivity contribution is -0.181. The molecule has 0 radical (unpaired) electrons. The van der Waals surface area contributed by atoms with Gasteiger partial charge in [-0.3, -0.25) is 9.63 Å². The summed E-state index contributed by atoms with van der Waals surface area (Å²) < 4.78 is 0. The number of carbonyl (C=O) groups excluding carboxylic acids is 1. The summed E-state index contributed by atoms with van der Waals surface area (Å²) >= 11 is 0. The highest BCUT2D eigenvalue weighted by Crippen LogP contribution is 2.08. The Morgan fingerprint density at radius 3 is 2.62 bits per heavy atom. The first-order valence-electron chi connectivity index (χ1n) is 5.11. The van der Waals surface area contributed by atoms with E-state index in [4.69, 9.17) is 4.84 Å². The van der Waals surface area contributed by atoms with E-state index in [-0.39, 0.29) is 0 Å². The van der Waals surface area contributed by atoms with Crippen molar-refractivity contribution in [1.82, 2.24) is 5.06 Å². The first kappa shape index (κ1) is 14.6. The van der Waals surface area contributed by atoms with E-state index in [0.29, 0.717) is 12.1 Å². The summed E-state index contributed by atoms with van der Waals surface area (Å²) in [4.78, 5) is 16.6. The minimum absolute atomic E-state index is 0.383. The molecule has 0 fully saturated rings. The molecule has 0 aromatic rings. The van der Waals surface area contributed by atoms with Crippen LogP contribution in [-0.4, -0.2) is 35.8 Å². The molecule has 90 valence electrons. The van der Waals surface area contributed by atoms with E-state index in [2.05, 4.69) is 6.58 Å². The Morgan fingerprint density at radius 2 is 2.25 bits per heavy atom. The van der Waals surface area contributed by atoms with E-state index in [9.17, 15) is 9.90 Å². The third-order valence-electron chi connectivity index (χ3n) is 2.06. The van der Waals surface area contributed by atoms with Crippen LogP contribution < -0.4 is 0 Å². The molecule has 0 aromatic heterocycles. The van der Waals surface area contributed by atoms with Crippen LogP contribution in [0.1, 0.15) is 13.8 Å². The SMILES string of the molecule is C=C/C=C\C(=C/C)C(O)C(=O)N(CC)OC. The fourth-order valence-electron chi connectivity index (χ4n) is 1.18. The quantitative estimate of drug-likeness (QED) is 0.550. The molecule has 0 rings (SSSR count). The van der Waals surface area contributed by atoms with Crippen LogP contribution in [0.25, 0.3) is 0 Å². The van der Waals surface area contributed by atoms with E-state index < -0.39 is 12.0 Å². The average molecular weight is 225 g/mol. The summed E-state index contributed by atoms with van der Waals surface area (Å²) in [5, 5.41) is 10.9. The van der Waals surface area contributed by atoms with Crippen molar-refractivity contribution in [2.45, 2.75) is 20.0 Å². The van der Waals surface area contributed by atoms with Crippen LogP contribution in [0.4, 0.5) is 0 Å². The predicted octanol–water partition coefficient (Wildman–Crippen LogP) is 1.45. The normalized spacial score (nSPS) is 13.9. The lowest BCUT2D eigenvalue weighted by Crippen LogP contribution is -2.39. The zero-order valence-corrected chi connectivity index (χ0v) is 10.0. The molecule has 0 saturated carbocycles. The molecule has 1 N–H and O–H groups in total. The molecule has 0 spiro atoms. The van der Waals surface area contributed by atoms with Crippen molar-refractivity contribution in [2.24, 2.45) is 0 Å². The number of hydroxylamine groups is 2. The summed E-state index contributed by atoms with van der Waals surface area (Å²) in [6.07, 6.45) is 5.34. The largest absolute Gasteiger partial charge is 0.378 e. The van der Waals surface area contributed by atoms with Crippen molar-refractivity contribution in [1.29, 1.82) is 0 Å². The van der Waals surface area contributed by atoms with Crippen molar-refractivity contribution in [3.8, 4) is 0 Å². The summed E-state index contributed by atoms with van der Waals surface area (Å²) in [5.74, 6) is -0.480. The summed E-state index contributed by atoms with van der Waals surface area (Å²) in [7, 11) is 1.39. The fourth-order valence-corrected chi connectivity index (χ4v) is 1.18. The summed E-state index contributed by atoms with van der Waals surface area (Å²) in [5.41, 5.74) is 0.514. The molecule has 0 bridgehead atoms. The predicted molar refractivity (Wildman–Crippen MR) is 63.5 cm³/mol. The second-order valence-corrected chi connectivity index (χ2v) is 3.00. The van der Waals surface area contributed by atoms with E-state index in [1.807, 2.05) is 0 Å². The van der Waals surface area contributed by atoms with Gasteiger partial charge in [-0.05, 0) is 19.4 Å². The average Bonchev–Trinajstić information content (AvgIpc) is 2.31. The van der Waals surface area contributed by atoms with Gasteiger partial charge in [0.1, 0.15) is 0 Å². The molecule has 0 saturated heterocycles. The molecule has 1 atom stereocenters. The number of amides is 1. The van der Waals surface area contributed by atoms with Gasteiger partial charge < -0.3 is 5.11 Å². The van der Waals surface area contributed by atoms with Crippen LogP contribution in [0.2, 0.25) is 0 Å². The van der Waals surface area contributed by atoms with Gasteiger partial charge in [-0.1, -0.05) is 30.9 Å². The van der Waals surface area contributed by atoms with Gasteiger partial charge in [-0.15, -0.1) is 0 Å². The standard InChI is InChI=1S/C12H19NO3/c1-5-8-9-10(6-2)11(14)12(15)13(7-3)16-4/h5-6,8-9,11,14H,1,7H2,2-4H3/b9-8-,10-6+. The number of aliphatic hydroxyl groups excluding tert-OH is 1. The van der Waals surface area contributed by atoms with E-state index in [1.165, 1.54) is 7.11 Å². The highest BCUT2D eigenvalue weighted by Gasteiger charge is 2.23. The number of allylic oxidation sites excluding steroid dienone is 3. The van der Waals surface area contributed by atoms with Crippen LogP contribution >= 0.6 is 0 Å². The van der Waals surface area contributed by atoms with Crippen LogP contribution in [0.3, 0.4) is 0 Å². The van der Waals surface area contributed by atoms with Gasteiger partial charge in [0.05, 0.1) is 7.11 Å². The molecule has 1 amide bonds. The van der Waals surface area contributed by atoms with E-state index >= 15 is 0 Å². The molecule has 4 heteroatoms. The lowest BCUT2D eigenvalue weighted by Gasteiger charge is -2.21. The topological polar surface area (TPSA) is 49.8 Å². The molecule has 0 aliphatic rings. The van der Waals surface area contributed by atoms with E-state index in [0.717, 1.165) is 5.06 Å². The number of likely N-dealkylation sites (N-methyl/N-ethyl adjacent to an activating group) is 1. The first-order chi connectivity index (χ1) is 7.62. The molecular weight excluding hydrogens is 206 g/mol. The number of hydrogen-bond acceptors (Lipinski definition) is 3. The molecule has 1 unspecified atom stereocenters. The van der Waals surface area contributed by atoms with Gasteiger partial charge in [0.2, 0.25) is 0 Å². The minimum Gasteiger partial charge on any atom is -0.378 e. The molecule has 16 heavy (non-hydrogen) atoms. The van der Waals surface area contributed by atoms with Crippen LogP contribution in [0.5, 0.6) is 0 Å². The Balaban J connectivity index is 4.75. The Hall–Kier alpha value is -1.39. The molecular formula is C12H19NO3. The van der Waals surface area contributed by atoms with Gasteiger partial charge in [0.15, 0.2) is 6.10 Å². The van der Waals surface area contributed by atoms with Crippen LogP contribution in [0, 0.1) is 0 Å². The Morgan fingerprint density at radius 1 is 1.62 bits per heavy atom. The van der Waals surface area contributed by atoms with Gasteiger partial charge in [-0.2, -0.15) is 0 Å². The Kier molecular flexibility index (Phi) is 7.16. The molecule has 0 aromatic carbocycles. The van der Waals surface area contributed by atoms with Crippen LogP contribution in [-0.2, 0) is 9.63 Å². The number of hydrogen-bond donors (Lipinski definition) is 1. The minimum atomic E-state index is -1.21. The molecule has 0 aliphatic carbocycles. The third-order valence-corrected chi connectivity index (χ3v) is 2.06. The second kappa shape index (κ2) is 7.84. The number of aliphatic hydroxyl groups is 1. The maximum absolute atomic E-state index is 11.7. The smallest absolute Gasteiger partial charge is 0.279 e. The molecule has 0 heterocycles. The van der Waals surface area contributed by atoms with Crippen molar-refractivity contribution >= 4 is 5.91 Å². The van der Waals surface area contributed by atoms with E-state index in [1.54, 1.807) is 38.2 Å². The van der Waals surface area contributed by atoms with Gasteiger partial charge in [0, 0.05) is 6.54 Å². The zero-order chi connectivity index (χ0) is 12.6. The van der Waals surface area contributed by atoms with Crippen molar-refractivity contribution in [3.63, 3.8) is 0 Å². The van der Waals surface area contributed by atoms with Crippen LogP contribution in [0.15, 0.2) is 36.5 Å². The zero-order valence-electron chi connectivity index (χ0n) is 10.0. The number of rotatable bonds is 6. The monoisotopic (exact) mass is 225 g/mol. The van der Waals surface area contributed by atoms with Gasteiger partial charge in [-0.25, -0.2) is 5.06 Å². The maximum atomic E-state index is 11.7. The number of carbonyl (C=O) groups is 1. The lowest BCUT2D eigenvalue weighted by atomic mass is 10.1. The Bertz CT molecular complexity index is 291. The van der Waals surface area contributed by atoms with Crippen molar-refractivity contribution in [3.05, 3.63) is 36.5 Å².